The summed E-state index contributed by atoms with van der Waals surface area (Å²) in [6.45, 7) is 0.445. The molecule has 6 heteroatoms. The third-order valence-electron chi connectivity index (χ3n) is 3.88. The summed E-state index contributed by atoms with van der Waals surface area (Å²) >= 11 is 5.91. The molecule has 0 saturated carbocycles. The van der Waals surface area contributed by atoms with Crippen LogP contribution >= 0.6 is 11.6 Å². The lowest BCUT2D eigenvalue weighted by molar-refractivity contribution is 0.306. The molecule has 0 unspecified atom stereocenters. The van der Waals surface area contributed by atoms with Crippen LogP contribution in [0.3, 0.4) is 0 Å². The predicted octanol–water partition coefficient (Wildman–Crippen LogP) is 5.51. The predicted molar refractivity (Wildman–Crippen MR) is 107 cm³/mol. The third kappa shape index (κ3) is 4.27. The standard InChI is InChI=1S/C21H16ClN3O2/c22-17-11-9-15(10-12-17)14-26-19-7-3-1-5-16(19)13-23-25-21-24-18-6-2-4-8-20(18)27-21/h1-13H,14H2,(H,24,25). The van der Waals surface area contributed by atoms with Gasteiger partial charge in [0.25, 0.3) is 0 Å². The molecule has 0 spiro atoms. The maximum Gasteiger partial charge on any atom is 0.316 e. The molecule has 0 aliphatic heterocycles. The molecule has 0 bridgehead atoms. The summed E-state index contributed by atoms with van der Waals surface area (Å²) in [6.07, 6.45) is 1.67. The van der Waals surface area contributed by atoms with Gasteiger partial charge in [0.15, 0.2) is 5.58 Å². The third-order valence-corrected chi connectivity index (χ3v) is 4.14. The molecule has 134 valence electrons. The second-order valence-electron chi connectivity index (χ2n) is 5.81. The van der Waals surface area contributed by atoms with Crippen molar-refractivity contribution in [3.05, 3.63) is 88.9 Å². The van der Waals surface area contributed by atoms with Gasteiger partial charge in [-0.15, -0.1) is 0 Å². The fourth-order valence-corrected chi connectivity index (χ4v) is 2.66. The maximum absolute atomic E-state index is 5.91. The van der Waals surface area contributed by atoms with Crippen molar-refractivity contribution in [3.63, 3.8) is 0 Å². The van der Waals surface area contributed by atoms with E-state index in [0.717, 1.165) is 22.4 Å². The Hall–Kier alpha value is -3.31. The topological polar surface area (TPSA) is 59.6 Å². The summed E-state index contributed by atoms with van der Waals surface area (Å²) in [7, 11) is 0. The van der Waals surface area contributed by atoms with Crippen LogP contribution in [0.5, 0.6) is 5.75 Å². The van der Waals surface area contributed by atoms with E-state index in [4.69, 9.17) is 20.8 Å². The molecule has 0 saturated heterocycles. The van der Waals surface area contributed by atoms with E-state index in [1.165, 1.54) is 0 Å². The summed E-state index contributed by atoms with van der Waals surface area (Å²) in [5.74, 6) is 0.732. The molecule has 0 aliphatic carbocycles. The van der Waals surface area contributed by atoms with Crippen molar-refractivity contribution in [2.24, 2.45) is 5.10 Å². The van der Waals surface area contributed by atoms with Gasteiger partial charge in [0.1, 0.15) is 17.9 Å². The molecular formula is C21H16ClN3O2. The van der Waals surface area contributed by atoms with Crippen LogP contribution in [0.1, 0.15) is 11.1 Å². The number of fused-ring (bicyclic) bond motifs is 1. The van der Waals surface area contributed by atoms with Crippen molar-refractivity contribution in [2.45, 2.75) is 6.61 Å². The zero-order chi connectivity index (χ0) is 18.5. The fraction of sp³-hybridized carbons (Fsp3) is 0.0476. The number of nitrogens with zero attached hydrogens (tertiary/aromatic N) is 2. The molecule has 0 atom stereocenters. The Morgan fingerprint density at radius 2 is 1.78 bits per heavy atom. The van der Waals surface area contributed by atoms with Gasteiger partial charge in [-0.2, -0.15) is 10.1 Å². The number of hydrogen-bond acceptors (Lipinski definition) is 5. The average Bonchev–Trinajstić information content (AvgIpc) is 3.11. The van der Waals surface area contributed by atoms with Crippen LogP contribution < -0.4 is 10.2 Å². The Labute approximate surface area is 161 Å². The fourth-order valence-electron chi connectivity index (χ4n) is 2.54. The van der Waals surface area contributed by atoms with E-state index in [9.17, 15) is 0 Å². The Kier molecular flexibility index (Phi) is 5.03. The van der Waals surface area contributed by atoms with E-state index in [2.05, 4.69) is 15.5 Å². The number of benzene rings is 3. The first-order valence-electron chi connectivity index (χ1n) is 8.39. The molecule has 0 aliphatic rings. The lowest BCUT2D eigenvalue weighted by Crippen LogP contribution is -1.99. The number of aromatic nitrogens is 1. The highest BCUT2D eigenvalue weighted by Crippen LogP contribution is 2.20. The van der Waals surface area contributed by atoms with Crippen LogP contribution in [0.25, 0.3) is 11.1 Å². The van der Waals surface area contributed by atoms with Gasteiger partial charge in [0, 0.05) is 10.6 Å². The number of hydrogen-bond donors (Lipinski definition) is 1. The van der Waals surface area contributed by atoms with E-state index in [1.807, 2.05) is 72.8 Å². The van der Waals surface area contributed by atoms with Crippen molar-refractivity contribution < 1.29 is 9.15 Å². The number of nitrogens with one attached hydrogen (secondary N) is 1. The summed E-state index contributed by atoms with van der Waals surface area (Å²) in [5, 5.41) is 4.91. The molecule has 5 nitrogen and oxygen atoms in total. The summed E-state index contributed by atoms with van der Waals surface area (Å²) in [6, 6.07) is 23.1. The Bertz CT molecular complexity index is 1040. The summed E-state index contributed by atoms with van der Waals surface area (Å²) in [5.41, 5.74) is 6.18. The second-order valence-corrected chi connectivity index (χ2v) is 6.25. The maximum atomic E-state index is 5.91. The zero-order valence-corrected chi connectivity index (χ0v) is 15.1. The van der Waals surface area contributed by atoms with E-state index in [0.29, 0.717) is 23.2 Å². The molecular weight excluding hydrogens is 362 g/mol. The molecule has 3 aromatic carbocycles. The van der Waals surface area contributed by atoms with Gasteiger partial charge in [-0.25, -0.2) is 5.43 Å². The van der Waals surface area contributed by atoms with Gasteiger partial charge in [-0.1, -0.05) is 48.0 Å². The lowest BCUT2D eigenvalue weighted by atomic mass is 10.2. The van der Waals surface area contributed by atoms with Gasteiger partial charge in [-0.05, 0) is 42.0 Å². The van der Waals surface area contributed by atoms with Gasteiger partial charge < -0.3 is 9.15 Å². The smallest absolute Gasteiger partial charge is 0.316 e. The number of oxazole rings is 1. The number of para-hydroxylation sites is 3. The second kappa shape index (κ2) is 7.93. The van der Waals surface area contributed by atoms with E-state index in [1.54, 1.807) is 6.21 Å². The highest BCUT2D eigenvalue weighted by atomic mass is 35.5. The van der Waals surface area contributed by atoms with Gasteiger partial charge in [0.2, 0.25) is 0 Å². The Morgan fingerprint density at radius 3 is 2.63 bits per heavy atom. The number of halogens is 1. The minimum absolute atomic E-state index is 0.340. The first-order chi connectivity index (χ1) is 13.3. The number of anilines is 1. The molecule has 0 radical (unpaired) electrons. The quantitative estimate of drug-likeness (QED) is 0.355. The molecule has 1 heterocycles. The largest absolute Gasteiger partial charge is 0.488 e. The van der Waals surface area contributed by atoms with Crippen molar-refractivity contribution in [1.82, 2.24) is 4.98 Å². The monoisotopic (exact) mass is 377 g/mol. The zero-order valence-electron chi connectivity index (χ0n) is 14.3. The molecule has 1 aromatic heterocycles. The SMILES string of the molecule is Clc1ccc(COc2ccccc2C=NNc2nc3ccccc3o2)cc1. The van der Waals surface area contributed by atoms with Crippen molar-refractivity contribution >= 4 is 34.9 Å². The van der Waals surface area contributed by atoms with Crippen LogP contribution in [-0.2, 0) is 6.61 Å². The minimum atomic E-state index is 0.340. The van der Waals surface area contributed by atoms with Crippen molar-refractivity contribution in [3.8, 4) is 5.75 Å². The van der Waals surface area contributed by atoms with Gasteiger partial charge >= 0.3 is 6.01 Å². The number of hydrazone groups is 1. The van der Waals surface area contributed by atoms with E-state index in [-0.39, 0.29) is 0 Å². The molecule has 4 aromatic rings. The highest BCUT2D eigenvalue weighted by Gasteiger charge is 2.04. The summed E-state index contributed by atoms with van der Waals surface area (Å²) < 4.78 is 11.5. The highest BCUT2D eigenvalue weighted by molar-refractivity contribution is 6.30. The minimum Gasteiger partial charge on any atom is -0.488 e. The summed E-state index contributed by atoms with van der Waals surface area (Å²) in [4.78, 5) is 4.32. The molecule has 0 fully saturated rings. The Morgan fingerprint density at radius 1 is 1.00 bits per heavy atom. The lowest BCUT2D eigenvalue weighted by Gasteiger charge is -2.09. The normalized spacial score (nSPS) is 11.1. The first kappa shape index (κ1) is 17.1. The Balaban J connectivity index is 1.43. The van der Waals surface area contributed by atoms with Crippen LogP contribution in [0, 0.1) is 0 Å². The first-order valence-corrected chi connectivity index (χ1v) is 8.77. The van der Waals surface area contributed by atoms with Crippen molar-refractivity contribution in [1.29, 1.82) is 0 Å². The van der Waals surface area contributed by atoms with Gasteiger partial charge in [-0.3, -0.25) is 0 Å². The van der Waals surface area contributed by atoms with Crippen LogP contribution in [-0.4, -0.2) is 11.2 Å². The average molecular weight is 378 g/mol. The molecule has 4 rings (SSSR count). The van der Waals surface area contributed by atoms with Gasteiger partial charge in [0.05, 0.1) is 6.21 Å². The van der Waals surface area contributed by atoms with Crippen molar-refractivity contribution in [2.75, 3.05) is 5.43 Å². The molecule has 1 N–H and O–H groups in total. The van der Waals surface area contributed by atoms with E-state index >= 15 is 0 Å². The van der Waals surface area contributed by atoms with E-state index < -0.39 is 0 Å². The van der Waals surface area contributed by atoms with Crippen LogP contribution in [0.15, 0.2) is 82.3 Å². The molecule has 27 heavy (non-hydrogen) atoms. The van der Waals surface area contributed by atoms with Crippen LogP contribution in [0.2, 0.25) is 5.02 Å². The number of ether oxygens (including phenoxy) is 1. The molecule has 0 amide bonds. The number of rotatable bonds is 6. The van der Waals surface area contributed by atoms with Crippen LogP contribution in [0.4, 0.5) is 6.01 Å².